The second-order valence-corrected chi connectivity index (χ2v) is 5.44. The van der Waals surface area contributed by atoms with Gasteiger partial charge in [0.05, 0.1) is 6.33 Å². The van der Waals surface area contributed by atoms with Crippen molar-refractivity contribution in [2.24, 2.45) is 5.73 Å². The molecule has 0 aliphatic rings. The zero-order chi connectivity index (χ0) is 14.9. The molecule has 0 saturated carbocycles. The summed E-state index contributed by atoms with van der Waals surface area (Å²) in [6.45, 7) is 8.44. The minimum atomic E-state index is -0.210. The molecule has 1 aromatic heterocycles. The van der Waals surface area contributed by atoms with Crippen LogP contribution in [0.2, 0.25) is 0 Å². The summed E-state index contributed by atoms with van der Waals surface area (Å²) in [5.41, 5.74) is 11.6. The maximum atomic E-state index is 11.9. The van der Waals surface area contributed by atoms with E-state index in [2.05, 4.69) is 37.9 Å². The second kappa shape index (κ2) is 5.59. The van der Waals surface area contributed by atoms with Crippen LogP contribution < -0.4 is 11.3 Å². The highest BCUT2D eigenvalue weighted by Crippen LogP contribution is 2.22. The van der Waals surface area contributed by atoms with Gasteiger partial charge in [-0.05, 0) is 44.4 Å². The molecule has 0 aliphatic heterocycles. The van der Waals surface area contributed by atoms with Crippen molar-refractivity contribution < 1.29 is 0 Å². The molecule has 4 nitrogen and oxygen atoms in total. The average Bonchev–Trinajstić information content (AvgIpc) is 2.31. The first-order chi connectivity index (χ1) is 9.38. The molecule has 0 fully saturated rings. The lowest BCUT2D eigenvalue weighted by molar-refractivity contribution is 0.549. The number of hydrogen-bond acceptors (Lipinski definition) is 3. The van der Waals surface area contributed by atoms with E-state index in [-0.39, 0.29) is 11.6 Å². The van der Waals surface area contributed by atoms with Crippen LogP contribution in [0.4, 0.5) is 0 Å². The second-order valence-electron chi connectivity index (χ2n) is 5.44. The predicted molar refractivity (Wildman–Crippen MR) is 80.8 cm³/mol. The Hall–Kier alpha value is -1.94. The van der Waals surface area contributed by atoms with Crippen LogP contribution in [0.3, 0.4) is 0 Å². The van der Waals surface area contributed by atoms with Gasteiger partial charge >= 0.3 is 0 Å². The summed E-state index contributed by atoms with van der Waals surface area (Å²) in [6, 6.07) is 5.57. The Morgan fingerprint density at radius 2 is 1.75 bits per heavy atom. The number of nitrogens with zero attached hydrogens (tertiary/aromatic N) is 2. The van der Waals surface area contributed by atoms with E-state index < -0.39 is 0 Å². The van der Waals surface area contributed by atoms with Gasteiger partial charge in [0.15, 0.2) is 0 Å². The summed E-state index contributed by atoms with van der Waals surface area (Å²) in [6.07, 6.45) is 1.57. The van der Waals surface area contributed by atoms with Crippen molar-refractivity contribution >= 4 is 0 Å². The monoisotopic (exact) mass is 271 g/mol. The molecule has 1 aromatic carbocycles. The van der Waals surface area contributed by atoms with Crippen LogP contribution in [-0.4, -0.2) is 9.55 Å². The van der Waals surface area contributed by atoms with Crippen LogP contribution in [0, 0.1) is 27.7 Å². The molecular formula is C16H21N3O. The Labute approximate surface area is 119 Å². The fourth-order valence-electron chi connectivity index (χ4n) is 2.73. The molecule has 2 N–H and O–H groups in total. The van der Waals surface area contributed by atoms with Crippen molar-refractivity contribution in [2.45, 2.75) is 40.3 Å². The molecule has 0 spiro atoms. The first kappa shape index (κ1) is 14.5. The van der Waals surface area contributed by atoms with E-state index in [0.29, 0.717) is 6.54 Å². The van der Waals surface area contributed by atoms with E-state index in [1.165, 1.54) is 22.8 Å². The van der Waals surface area contributed by atoms with Gasteiger partial charge in [0, 0.05) is 24.3 Å². The van der Waals surface area contributed by atoms with E-state index in [4.69, 9.17) is 5.73 Å². The van der Waals surface area contributed by atoms with Crippen molar-refractivity contribution in [1.29, 1.82) is 0 Å². The van der Waals surface area contributed by atoms with E-state index >= 15 is 0 Å². The van der Waals surface area contributed by atoms with Gasteiger partial charge in [-0.1, -0.05) is 17.7 Å². The van der Waals surface area contributed by atoms with Crippen LogP contribution in [0.1, 0.15) is 34.0 Å². The van der Waals surface area contributed by atoms with Crippen molar-refractivity contribution in [2.75, 3.05) is 0 Å². The lowest BCUT2D eigenvalue weighted by Gasteiger charge is -2.19. The Morgan fingerprint density at radius 3 is 2.30 bits per heavy atom. The minimum absolute atomic E-state index is 0.0598. The lowest BCUT2D eigenvalue weighted by Crippen LogP contribution is -2.27. The fraction of sp³-hybridized carbons (Fsp3) is 0.375. The van der Waals surface area contributed by atoms with Crippen molar-refractivity contribution in [3.63, 3.8) is 0 Å². The molecule has 0 aliphatic carbocycles. The Morgan fingerprint density at radius 1 is 1.15 bits per heavy atom. The van der Waals surface area contributed by atoms with Crippen LogP contribution >= 0.6 is 0 Å². The Bertz CT molecular complexity index is 665. The van der Waals surface area contributed by atoms with E-state index in [9.17, 15) is 4.79 Å². The summed E-state index contributed by atoms with van der Waals surface area (Å²) in [7, 11) is 0. The van der Waals surface area contributed by atoms with Gasteiger partial charge in [-0.25, -0.2) is 4.98 Å². The first-order valence-electron chi connectivity index (χ1n) is 6.75. The molecule has 2 rings (SSSR count). The smallest absolute Gasteiger partial charge is 0.253 e. The third-order valence-corrected chi connectivity index (χ3v) is 3.52. The van der Waals surface area contributed by atoms with Crippen molar-refractivity contribution in [3.05, 3.63) is 62.8 Å². The van der Waals surface area contributed by atoms with Gasteiger partial charge in [0.1, 0.15) is 0 Å². The van der Waals surface area contributed by atoms with Gasteiger partial charge in [0.25, 0.3) is 5.56 Å². The molecule has 0 bridgehead atoms. The number of nitrogens with two attached hydrogens (primary N) is 1. The van der Waals surface area contributed by atoms with Gasteiger partial charge in [0.2, 0.25) is 0 Å². The molecule has 0 radical (unpaired) electrons. The molecule has 2 aromatic rings. The average molecular weight is 271 g/mol. The molecule has 0 saturated heterocycles. The zero-order valence-electron chi connectivity index (χ0n) is 12.5. The van der Waals surface area contributed by atoms with E-state index in [1.54, 1.807) is 17.8 Å². The van der Waals surface area contributed by atoms with Gasteiger partial charge < -0.3 is 5.73 Å². The third kappa shape index (κ3) is 2.96. The molecule has 20 heavy (non-hydrogen) atoms. The zero-order valence-corrected chi connectivity index (χ0v) is 12.5. The number of aryl methyl sites for hydroxylation is 4. The highest BCUT2D eigenvalue weighted by Gasteiger charge is 2.13. The molecule has 1 atom stereocenters. The molecule has 106 valence electrons. The van der Waals surface area contributed by atoms with Gasteiger partial charge in [-0.15, -0.1) is 0 Å². The first-order valence-corrected chi connectivity index (χ1v) is 6.75. The van der Waals surface area contributed by atoms with Crippen LogP contribution in [0.25, 0.3) is 0 Å². The van der Waals surface area contributed by atoms with Gasteiger partial charge in [-0.2, -0.15) is 0 Å². The standard InChI is InChI=1S/C16H21N3O/c1-10-5-11(2)16(12(3)6-10)14(17)8-19-9-18-13(4)7-15(19)20/h5-7,9,14H,8,17H2,1-4H3. The lowest BCUT2D eigenvalue weighted by atomic mass is 9.94. The van der Waals surface area contributed by atoms with Gasteiger partial charge in [-0.3, -0.25) is 9.36 Å². The fourth-order valence-corrected chi connectivity index (χ4v) is 2.73. The Balaban J connectivity index is 2.33. The van der Waals surface area contributed by atoms with Crippen LogP contribution in [0.5, 0.6) is 0 Å². The molecular weight excluding hydrogens is 250 g/mol. The summed E-state index contributed by atoms with van der Waals surface area (Å²) < 4.78 is 1.57. The summed E-state index contributed by atoms with van der Waals surface area (Å²) in [4.78, 5) is 16.1. The maximum Gasteiger partial charge on any atom is 0.253 e. The van der Waals surface area contributed by atoms with Crippen LogP contribution in [0.15, 0.2) is 29.3 Å². The van der Waals surface area contributed by atoms with E-state index in [1.807, 2.05) is 0 Å². The number of rotatable bonds is 3. The minimum Gasteiger partial charge on any atom is -0.322 e. The predicted octanol–water partition coefficient (Wildman–Crippen LogP) is 2.18. The maximum absolute atomic E-state index is 11.9. The SMILES string of the molecule is Cc1cc(C)c(C(N)Cn2cnc(C)cc2=O)c(C)c1. The van der Waals surface area contributed by atoms with Crippen LogP contribution in [-0.2, 0) is 6.54 Å². The van der Waals surface area contributed by atoms with E-state index in [0.717, 1.165) is 11.3 Å². The molecule has 0 amide bonds. The number of hydrogen-bond donors (Lipinski definition) is 1. The van der Waals surface area contributed by atoms with Crippen molar-refractivity contribution in [1.82, 2.24) is 9.55 Å². The highest BCUT2D eigenvalue weighted by molar-refractivity contribution is 5.39. The third-order valence-electron chi connectivity index (χ3n) is 3.52. The quantitative estimate of drug-likeness (QED) is 0.930. The number of benzene rings is 1. The summed E-state index contributed by atoms with van der Waals surface area (Å²) >= 11 is 0. The number of aromatic nitrogens is 2. The molecule has 1 heterocycles. The molecule has 4 heteroatoms. The molecule has 1 unspecified atom stereocenters. The van der Waals surface area contributed by atoms with Crippen molar-refractivity contribution in [3.8, 4) is 0 Å². The largest absolute Gasteiger partial charge is 0.322 e. The summed E-state index contributed by atoms with van der Waals surface area (Å²) in [5.74, 6) is 0. The Kier molecular flexibility index (Phi) is 4.04. The summed E-state index contributed by atoms with van der Waals surface area (Å²) in [5, 5.41) is 0. The topological polar surface area (TPSA) is 60.9 Å². The normalized spacial score (nSPS) is 12.4. The highest BCUT2D eigenvalue weighted by atomic mass is 16.1.